The zero-order valence-corrected chi connectivity index (χ0v) is 13.7. The number of benzene rings is 2. The van der Waals surface area contributed by atoms with Crippen molar-refractivity contribution in [3.05, 3.63) is 62.5 Å². The Morgan fingerprint density at radius 1 is 1.11 bits per heavy atom. The van der Waals surface area contributed by atoms with Gasteiger partial charge in [0.2, 0.25) is 0 Å². The molecule has 0 aromatic heterocycles. The minimum Gasteiger partial charge on any atom is -0.507 e. The van der Waals surface area contributed by atoms with Crippen LogP contribution in [0.5, 0.6) is 5.75 Å². The van der Waals surface area contributed by atoms with Crippen LogP contribution in [0.3, 0.4) is 0 Å². The highest BCUT2D eigenvalue weighted by atomic mass is 79.9. The van der Waals surface area contributed by atoms with Crippen LogP contribution in [0.1, 0.15) is 24.1 Å². The highest BCUT2D eigenvalue weighted by molar-refractivity contribution is 9.10. The molecular formula is C15H15Br2NO. The summed E-state index contributed by atoms with van der Waals surface area (Å²) in [6.07, 6.45) is 0. The molecule has 0 heterocycles. The van der Waals surface area contributed by atoms with Gasteiger partial charge in [-0.1, -0.05) is 40.2 Å². The number of nitrogens with one attached hydrogen (secondary N) is 1. The lowest BCUT2D eigenvalue weighted by atomic mass is 10.1. The van der Waals surface area contributed by atoms with Crippen molar-refractivity contribution in [2.75, 3.05) is 0 Å². The molecule has 0 bridgehead atoms. The fraction of sp³-hybridized carbons (Fsp3) is 0.200. The summed E-state index contributed by atoms with van der Waals surface area (Å²) >= 11 is 6.89. The fourth-order valence-corrected chi connectivity index (χ4v) is 2.92. The Morgan fingerprint density at radius 3 is 2.53 bits per heavy atom. The molecule has 0 saturated heterocycles. The molecule has 0 radical (unpaired) electrons. The molecule has 2 N–H and O–H groups in total. The summed E-state index contributed by atoms with van der Waals surface area (Å²) in [5.41, 5.74) is 2.36. The SMILES string of the molecule is C[C@@H](NCc1ccc(O)c(Br)c1)c1ccccc1Br. The summed E-state index contributed by atoms with van der Waals surface area (Å²) in [5, 5.41) is 12.9. The Balaban J connectivity index is 2.02. The number of rotatable bonds is 4. The number of phenols is 1. The van der Waals surface area contributed by atoms with E-state index < -0.39 is 0 Å². The summed E-state index contributed by atoms with van der Waals surface area (Å²) in [6, 6.07) is 14.0. The molecule has 2 aromatic rings. The van der Waals surface area contributed by atoms with E-state index >= 15 is 0 Å². The van der Waals surface area contributed by atoms with Crippen LogP contribution < -0.4 is 5.32 Å². The number of halogens is 2. The van der Waals surface area contributed by atoms with E-state index in [4.69, 9.17) is 0 Å². The molecule has 0 saturated carbocycles. The lowest BCUT2D eigenvalue weighted by molar-refractivity contribution is 0.471. The molecular weight excluding hydrogens is 370 g/mol. The molecule has 100 valence electrons. The molecule has 0 aliphatic carbocycles. The zero-order chi connectivity index (χ0) is 13.8. The molecule has 0 aliphatic rings. The molecule has 4 heteroatoms. The standard InChI is InChI=1S/C15H15Br2NO/c1-10(12-4-2-3-5-13(12)16)18-9-11-6-7-15(19)14(17)8-11/h2-8,10,18-19H,9H2,1H3/t10-/m1/s1. The van der Waals surface area contributed by atoms with Crippen LogP contribution in [0.15, 0.2) is 51.4 Å². The fourth-order valence-electron chi connectivity index (χ4n) is 1.87. The maximum absolute atomic E-state index is 9.46. The van der Waals surface area contributed by atoms with Crippen molar-refractivity contribution in [1.29, 1.82) is 0 Å². The van der Waals surface area contributed by atoms with Crippen molar-refractivity contribution in [1.82, 2.24) is 5.32 Å². The third-order valence-corrected chi connectivity index (χ3v) is 4.35. The first kappa shape index (κ1) is 14.6. The third kappa shape index (κ3) is 3.81. The predicted molar refractivity (Wildman–Crippen MR) is 85.2 cm³/mol. The van der Waals surface area contributed by atoms with E-state index in [1.807, 2.05) is 30.3 Å². The molecule has 0 aliphatic heterocycles. The third-order valence-electron chi connectivity index (χ3n) is 3.00. The van der Waals surface area contributed by atoms with E-state index in [-0.39, 0.29) is 11.8 Å². The van der Waals surface area contributed by atoms with Gasteiger partial charge in [0.15, 0.2) is 0 Å². The Morgan fingerprint density at radius 2 is 1.84 bits per heavy atom. The molecule has 0 spiro atoms. The predicted octanol–water partition coefficient (Wildman–Crippen LogP) is 4.77. The van der Waals surface area contributed by atoms with Crippen LogP contribution in [0.4, 0.5) is 0 Å². The second-order valence-corrected chi connectivity index (χ2v) is 6.12. The van der Waals surface area contributed by atoms with Gasteiger partial charge in [-0.3, -0.25) is 0 Å². The van der Waals surface area contributed by atoms with Crippen LogP contribution in [0.2, 0.25) is 0 Å². The molecule has 0 amide bonds. The number of hydrogen-bond donors (Lipinski definition) is 2. The smallest absolute Gasteiger partial charge is 0.129 e. The lowest BCUT2D eigenvalue weighted by Crippen LogP contribution is -2.18. The topological polar surface area (TPSA) is 32.3 Å². The van der Waals surface area contributed by atoms with E-state index in [1.165, 1.54) is 5.56 Å². The number of phenolic OH excluding ortho intramolecular Hbond substituents is 1. The largest absolute Gasteiger partial charge is 0.507 e. The molecule has 2 rings (SSSR count). The number of aromatic hydroxyl groups is 1. The monoisotopic (exact) mass is 383 g/mol. The summed E-state index contributed by atoms with van der Waals surface area (Å²) in [7, 11) is 0. The van der Waals surface area contributed by atoms with Gasteiger partial charge in [0.25, 0.3) is 0 Å². The van der Waals surface area contributed by atoms with Crippen LogP contribution >= 0.6 is 31.9 Å². The molecule has 2 aromatic carbocycles. The quantitative estimate of drug-likeness (QED) is 0.795. The van der Waals surface area contributed by atoms with E-state index in [1.54, 1.807) is 6.07 Å². The minimum absolute atomic E-state index is 0.253. The summed E-state index contributed by atoms with van der Waals surface area (Å²) in [5.74, 6) is 0.266. The lowest BCUT2D eigenvalue weighted by Gasteiger charge is -2.16. The Hall–Kier alpha value is -0.840. The van der Waals surface area contributed by atoms with Gasteiger partial charge >= 0.3 is 0 Å². The average molecular weight is 385 g/mol. The maximum atomic E-state index is 9.46. The average Bonchev–Trinajstić information content (AvgIpc) is 2.40. The molecule has 0 fully saturated rings. The van der Waals surface area contributed by atoms with Gasteiger partial charge in [-0.05, 0) is 52.2 Å². The highest BCUT2D eigenvalue weighted by Crippen LogP contribution is 2.25. The summed E-state index contributed by atoms with van der Waals surface area (Å²) in [6.45, 7) is 2.89. The Kier molecular flexibility index (Phi) is 5.02. The Labute approximate surface area is 130 Å². The molecule has 2 nitrogen and oxygen atoms in total. The van der Waals surface area contributed by atoms with Crippen molar-refractivity contribution < 1.29 is 5.11 Å². The van der Waals surface area contributed by atoms with Crippen LogP contribution in [-0.4, -0.2) is 5.11 Å². The first-order chi connectivity index (χ1) is 9.08. The summed E-state index contributed by atoms with van der Waals surface area (Å²) < 4.78 is 1.84. The summed E-state index contributed by atoms with van der Waals surface area (Å²) in [4.78, 5) is 0. The first-order valence-corrected chi connectivity index (χ1v) is 7.61. The molecule has 19 heavy (non-hydrogen) atoms. The van der Waals surface area contributed by atoms with Gasteiger partial charge in [0.05, 0.1) is 4.47 Å². The van der Waals surface area contributed by atoms with Gasteiger partial charge in [0, 0.05) is 17.1 Å². The van der Waals surface area contributed by atoms with Gasteiger partial charge in [0.1, 0.15) is 5.75 Å². The second-order valence-electron chi connectivity index (χ2n) is 4.41. The number of hydrogen-bond acceptors (Lipinski definition) is 2. The van der Waals surface area contributed by atoms with Crippen LogP contribution in [0, 0.1) is 0 Å². The first-order valence-electron chi connectivity index (χ1n) is 6.03. The van der Waals surface area contributed by atoms with Gasteiger partial charge in [-0.15, -0.1) is 0 Å². The van der Waals surface area contributed by atoms with Gasteiger partial charge in [-0.25, -0.2) is 0 Å². The van der Waals surface area contributed by atoms with E-state index in [0.717, 1.165) is 21.1 Å². The van der Waals surface area contributed by atoms with Gasteiger partial charge < -0.3 is 10.4 Å². The van der Waals surface area contributed by atoms with Crippen LogP contribution in [-0.2, 0) is 6.54 Å². The van der Waals surface area contributed by atoms with E-state index in [2.05, 4.69) is 50.2 Å². The second kappa shape index (κ2) is 6.55. The van der Waals surface area contributed by atoms with Crippen molar-refractivity contribution in [2.45, 2.75) is 19.5 Å². The van der Waals surface area contributed by atoms with Crippen molar-refractivity contribution >= 4 is 31.9 Å². The van der Waals surface area contributed by atoms with Crippen LogP contribution in [0.25, 0.3) is 0 Å². The highest BCUT2D eigenvalue weighted by Gasteiger charge is 2.08. The Bertz CT molecular complexity index is 572. The van der Waals surface area contributed by atoms with Crippen molar-refractivity contribution in [2.24, 2.45) is 0 Å². The molecule has 0 unspecified atom stereocenters. The van der Waals surface area contributed by atoms with E-state index in [0.29, 0.717) is 0 Å². The van der Waals surface area contributed by atoms with E-state index in [9.17, 15) is 5.11 Å². The minimum atomic E-state index is 0.253. The van der Waals surface area contributed by atoms with Gasteiger partial charge in [-0.2, -0.15) is 0 Å². The normalized spacial score (nSPS) is 12.4. The van der Waals surface area contributed by atoms with Crippen molar-refractivity contribution in [3.63, 3.8) is 0 Å². The zero-order valence-electron chi connectivity index (χ0n) is 10.5. The molecule has 1 atom stereocenters. The maximum Gasteiger partial charge on any atom is 0.129 e. The van der Waals surface area contributed by atoms with Crippen molar-refractivity contribution in [3.8, 4) is 5.75 Å².